The molecule has 1 aliphatic rings. The summed E-state index contributed by atoms with van der Waals surface area (Å²) in [4.78, 5) is 15.9. The van der Waals surface area contributed by atoms with Gasteiger partial charge in [-0.25, -0.2) is 15.0 Å². The molecule has 0 unspecified atom stereocenters. The second-order valence-corrected chi connectivity index (χ2v) is 13.2. The minimum Gasteiger partial charge on any atom is -0.308 e. The topological polar surface area (TPSA) is 43.6 Å². The van der Waals surface area contributed by atoms with Gasteiger partial charge in [0.1, 0.15) is 0 Å². The van der Waals surface area contributed by atoms with E-state index in [0.29, 0.717) is 17.5 Å². The van der Waals surface area contributed by atoms with Crippen LogP contribution in [0.15, 0.2) is 170 Å². The van der Waals surface area contributed by atoms with Crippen molar-refractivity contribution < 1.29 is 0 Å². The van der Waals surface area contributed by atoms with Crippen molar-refractivity contribution in [2.75, 3.05) is 0 Å². The van der Waals surface area contributed by atoms with Gasteiger partial charge >= 0.3 is 0 Å². The fraction of sp³-hybridized carbons (Fsp3) is 0. The van der Waals surface area contributed by atoms with E-state index in [1.54, 1.807) is 0 Å². The normalized spacial score (nSPS) is 11.9. The third kappa shape index (κ3) is 4.11. The van der Waals surface area contributed by atoms with Gasteiger partial charge in [0.2, 0.25) is 0 Å². The van der Waals surface area contributed by atoms with Gasteiger partial charge in [-0.3, -0.25) is 0 Å². The Kier molecular flexibility index (Phi) is 5.92. The molecule has 236 valence electrons. The minimum absolute atomic E-state index is 0.638. The van der Waals surface area contributed by atoms with Crippen LogP contribution in [0.1, 0.15) is 0 Å². The quantitative estimate of drug-likeness (QED) is 0.191. The second-order valence-electron chi connectivity index (χ2n) is 13.2. The molecule has 0 N–H and O–H groups in total. The van der Waals surface area contributed by atoms with Gasteiger partial charge in [-0.1, -0.05) is 146 Å². The Hall–Kier alpha value is -6.91. The third-order valence-corrected chi connectivity index (χ3v) is 10.4. The van der Waals surface area contributed by atoms with Gasteiger partial charge in [-0.15, -0.1) is 0 Å². The fourth-order valence-corrected chi connectivity index (χ4v) is 8.19. The van der Waals surface area contributed by atoms with Gasteiger partial charge < -0.3 is 4.57 Å². The van der Waals surface area contributed by atoms with Crippen LogP contribution in [0.25, 0.3) is 105 Å². The number of hydrogen-bond acceptors (Lipinski definition) is 3. The zero-order chi connectivity index (χ0) is 33.5. The molecule has 0 saturated heterocycles. The molecule has 51 heavy (non-hydrogen) atoms. The first-order valence-corrected chi connectivity index (χ1v) is 17.3. The maximum absolute atomic E-state index is 5.42. The van der Waals surface area contributed by atoms with Crippen molar-refractivity contribution in [1.29, 1.82) is 0 Å². The predicted molar refractivity (Wildman–Crippen MR) is 210 cm³/mol. The van der Waals surface area contributed by atoms with E-state index in [1.807, 2.05) is 18.2 Å². The van der Waals surface area contributed by atoms with Crippen LogP contribution < -0.4 is 0 Å². The first kappa shape index (κ1) is 28.0. The largest absolute Gasteiger partial charge is 0.308 e. The lowest BCUT2D eigenvalue weighted by atomic mass is 9.97. The summed E-state index contributed by atoms with van der Waals surface area (Å²) < 4.78 is 2.37. The number of para-hydroxylation sites is 2. The van der Waals surface area contributed by atoms with Crippen LogP contribution in [-0.2, 0) is 0 Å². The van der Waals surface area contributed by atoms with Crippen LogP contribution in [0.3, 0.4) is 0 Å². The van der Waals surface area contributed by atoms with Crippen LogP contribution in [0, 0.1) is 0 Å². The number of nitrogens with zero attached hydrogens (tertiary/aromatic N) is 4. The summed E-state index contributed by atoms with van der Waals surface area (Å²) in [5.74, 6) is 1.93. The van der Waals surface area contributed by atoms with E-state index in [0.717, 1.165) is 49.6 Å². The van der Waals surface area contributed by atoms with Crippen LogP contribution >= 0.6 is 0 Å². The molecule has 1 aliphatic carbocycles. The molecule has 0 fully saturated rings. The van der Waals surface area contributed by atoms with Gasteiger partial charge in [0.25, 0.3) is 0 Å². The predicted octanol–water partition coefficient (Wildman–Crippen LogP) is 11.9. The molecule has 0 bridgehead atoms. The smallest absolute Gasteiger partial charge is 0.166 e. The lowest BCUT2D eigenvalue weighted by molar-refractivity contribution is 1.07. The lowest BCUT2D eigenvalue weighted by Crippen LogP contribution is -2.04. The van der Waals surface area contributed by atoms with Gasteiger partial charge in [-0.05, 0) is 68.1 Å². The van der Waals surface area contributed by atoms with Gasteiger partial charge in [-0.2, -0.15) is 0 Å². The average Bonchev–Trinajstić information content (AvgIpc) is 3.71. The van der Waals surface area contributed by atoms with Gasteiger partial charge in [0, 0.05) is 21.9 Å². The van der Waals surface area contributed by atoms with E-state index in [9.17, 15) is 0 Å². The molecule has 2 aromatic heterocycles. The van der Waals surface area contributed by atoms with Crippen LogP contribution in [0.2, 0.25) is 0 Å². The third-order valence-electron chi connectivity index (χ3n) is 10.4. The number of rotatable bonds is 4. The van der Waals surface area contributed by atoms with E-state index < -0.39 is 0 Å². The second kappa shape index (κ2) is 10.8. The monoisotopic (exact) mass is 648 g/mol. The molecule has 4 heteroatoms. The molecular formula is C47H28N4. The standard InChI is InChI=1S/C47H28N4/c1-2-14-30(15-3-1)45-48-46(39-27-26-38-33-18-7-6-17-32(33)36-21-12-22-37(39)43(36)38)50-47(49-45)44-31-16-5-4-13-29(31)25-28-42(44)51-40-23-10-8-19-34(40)35-20-9-11-24-41(35)51/h1-28H. The molecule has 11 rings (SSSR count). The van der Waals surface area contributed by atoms with Crippen molar-refractivity contribution in [3.63, 3.8) is 0 Å². The Bertz CT molecular complexity index is 2950. The zero-order valence-corrected chi connectivity index (χ0v) is 27.5. The number of benzene rings is 8. The summed E-state index contributed by atoms with van der Waals surface area (Å²) in [6.07, 6.45) is 0. The Balaban J connectivity index is 1.24. The highest BCUT2D eigenvalue weighted by Crippen LogP contribution is 2.49. The Labute approximate surface area is 294 Å². The highest BCUT2D eigenvalue weighted by Gasteiger charge is 2.25. The van der Waals surface area contributed by atoms with Crippen molar-refractivity contribution in [3.05, 3.63) is 170 Å². The molecule has 0 saturated carbocycles. The van der Waals surface area contributed by atoms with Gasteiger partial charge in [0.05, 0.1) is 22.3 Å². The molecule has 0 spiro atoms. The van der Waals surface area contributed by atoms with E-state index in [1.165, 1.54) is 38.4 Å². The number of hydrogen-bond donors (Lipinski definition) is 0. The van der Waals surface area contributed by atoms with Crippen molar-refractivity contribution in [1.82, 2.24) is 19.5 Å². The Morgan fingerprint density at radius 3 is 1.65 bits per heavy atom. The highest BCUT2D eigenvalue weighted by molar-refractivity contribution is 6.18. The van der Waals surface area contributed by atoms with Crippen LogP contribution in [-0.4, -0.2) is 19.5 Å². The van der Waals surface area contributed by atoms with Crippen LogP contribution in [0.4, 0.5) is 0 Å². The highest BCUT2D eigenvalue weighted by atomic mass is 15.1. The number of fused-ring (bicyclic) bond motifs is 7. The lowest BCUT2D eigenvalue weighted by Gasteiger charge is -2.17. The summed E-state index contributed by atoms with van der Waals surface area (Å²) >= 11 is 0. The van der Waals surface area contributed by atoms with Crippen molar-refractivity contribution in [2.45, 2.75) is 0 Å². The Morgan fingerprint density at radius 2 is 0.882 bits per heavy atom. The molecule has 10 aromatic rings. The summed E-state index contributed by atoms with van der Waals surface area (Å²) in [5, 5.41) is 7.02. The Morgan fingerprint density at radius 1 is 0.333 bits per heavy atom. The fourth-order valence-electron chi connectivity index (χ4n) is 8.19. The summed E-state index contributed by atoms with van der Waals surface area (Å²) in [7, 11) is 0. The summed E-state index contributed by atoms with van der Waals surface area (Å²) in [5.41, 5.74) is 11.2. The minimum atomic E-state index is 0.638. The van der Waals surface area contributed by atoms with E-state index in [4.69, 9.17) is 15.0 Å². The van der Waals surface area contributed by atoms with Gasteiger partial charge in [0.15, 0.2) is 17.5 Å². The molecule has 4 nitrogen and oxygen atoms in total. The van der Waals surface area contributed by atoms with Crippen molar-refractivity contribution in [3.8, 4) is 62.1 Å². The maximum Gasteiger partial charge on any atom is 0.166 e. The average molecular weight is 649 g/mol. The zero-order valence-electron chi connectivity index (χ0n) is 27.5. The van der Waals surface area contributed by atoms with Crippen molar-refractivity contribution in [2.24, 2.45) is 0 Å². The first-order valence-electron chi connectivity index (χ1n) is 17.3. The van der Waals surface area contributed by atoms with E-state index in [2.05, 4.69) is 156 Å². The first-order chi connectivity index (χ1) is 25.3. The summed E-state index contributed by atoms with van der Waals surface area (Å²) in [6, 6.07) is 60.2. The molecule has 0 atom stereocenters. The molecule has 8 aromatic carbocycles. The van der Waals surface area contributed by atoms with Crippen LogP contribution in [0.5, 0.6) is 0 Å². The molecule has 2 heterocycles. The molecular weight excluding hydrogens is 621 g/mol. The van der Waals surface area contributed by atoms with E-state index in [-0.39, 0.29) is 0 Å². The molecule has 0 aliphatic heterocycles. The van der Waals surface area contributed by atoms with E-state index >= 15 is 0 Å². The summed E-state index contributed by atoms with van der Waals surface area (Å²) in [6.45, 7) is 0. The molecule has 0 amide bonds. The molecule has 0 radical (unpaired) electrons. The number of aromatic nitrogens is 4. The maximum atomic E-state index is 5.42. The van der Waals surface area contributed by atoms with Crippen molar-refractivity contribution >= 4 is 43.4 Å². The SMILES string of the molecule is c1ccc(-c2nc(-c3c(-n4c5ccccc5c5ccccc54)ccc4ccccc34)nc(-c3ccc4c5c(cccc35)-c3ccccc3-4)n2)cc1.